The first-order valence-corrected chi connectivity index (χ1v) is 11.0. The number of halogens is 13. The summed E-state index contributed by atoms with van der Waals surface area (Å²) >= 11 is 0. The van der Waals surface area contributed by atoms with Crippen molar-refractivity contribution in [1.82, 2.24) is 0 Å². The summed E-state index contributed by atoms with van der Waals surface area (Å²) in [6.07, 6.45) is -6.33. The average molecular weight is 578 g/mol. The first-order valence-electron chi connectivity index (χ1n) is 9.58. The second-order valence-corrected chi connectivity index (χ2v) is 8.54. The largest absolute Gasteiger partial charge is 1.00 e. The van der Waals surface area contributed by atoms with Crippen LogP contribution in [-0.4, -0.2) is 49.0 Å². The van der Waals surface area contributed by atoms with Gasteiger partial charge in [0.2, 0.25) is 0 Å². The van der Waals surface area contributed by atoms with Gasteiger partial charge in [-0.1, -0.05) is 39.0 Å². The van der Waals surface area contributed by atoms with Gasteiger partial charge < -0.3 is 13.9 Å². The molecule has 0 fully saturated rings. The van der Waals surface area contributed by atoms with E-state index in [0.717, 1.165) is 19.3 Å². The van der Waals surface area contributed by atoms with Gasteiger partial charge in [-0.25, -0.2) is 0 Å². The molecule has 19 heteroatoms. The van der Waals surface area contributed by atoms with Gasteiger partial charge in [-0.3, -0.25) is 4.57 Å². The molecule has 206 valence electrons. The Morgan fingerprint density at radius 2 is 1.03 bits per heavy atom. The third-order valence-corrected chi connectivity index (χ3v) is 5.41. The molecule has 1 atom stereocenters. The molecule has 0 aromatic carbocycles. The Morgan fingerprint density at radius 1 is 0.629 bits per heavy atom. The van der Waals surface area contributed by atoms with Crippen molar-refractivity contribution in [1.29, 1.82) is 0 Å². The molecule has 0 aliphatic rings. The fourth-order valence-electron chi connectivity index (χ4n) is 2.34. The van der Waals surface area contributed by atoms with Crippen LogP contribution in [0.5, 0.6) is 0 Å². The first kappa shape index (κ1) is 37.4. The molecule has 0 N–H and O–H groups in total. The van der Waals surface area contributed by atoms with Crippen LogP contribution in [0.15, 0.2) is 0 Å². The molecule has 0 aliphatic heterocycles. The van der Waals surface area contributed by atoms with Crippen molar-refractivity contribution >= 4 is 7.82 Å². The van der Waals surface area contributed by atoms with E-state index < -0.39 is 63.2 Å². The third-order valence-electron chi connectivity index (χ3n) is 4.41. The van der Waals surface area contributed by atoms with Gasteiger partial charge in [-0.15, -0.1) is 0 Å². The van der Waals surface area contributed by atoms with E-state index in [1.807, 2.05) is 6.92 Å². The maximum Gasteiger partial charge on any atom is 1.00 e. The Bertz CT molecular complexity index is 689. The summed E-state index contributed by atoms with van der Waals surface area (Å²) in [5.74, 6) is -37.7. The first-order chi connectivity index (χ1) is 15.0. The second kappa shape index (κ2) is 13.3. The molecule has 0 saturated carbocycles. The minimum Gasteiger partial charge on any atom is -0.756 e. The summed E-state index contributed by atoms with van der Waals surface area (Å²) in [5.41, 5.74) is 0. The molecular weight excluding hydrogens is 557 g/mol. The van der Waals surface area contributed by atoms with E-state index in [9.17, 15) is 66.5 Å². The maximum atomic E-state index is 13.5. The van der Waals surface area contributed by atoms with Crippen LogP contribution in [0.4, 0.5) is 57.1 Å². The Morgan fingerprint density at radius 3 is 1.49 bits per heavy atom. The predicted octanol–water partition coefficient (Wildman–Crippen LogP) is 3.98. The molecule has 0 heterocycles. The van der Waals surface area contributed by atoms with Crippen LogP contribution in [-0.2, 0) is 13.6 Å². The molecule has 4 nitrogen and oxygen atoms in total. The van der Waals surface area contributed by atoms with E-state index in [-0.39, 0.29) is 36.0 Å². The van der Waals surface area contributed by atoms with E-state index in [4.69, 9.17) is 0 Å². The van der Waals surface area contributed by atoms with Crippen LogP contribution in [0.3, 0.4) is 0 Å². The number of phosphoric ester groups is 1. The molecule has 0 aromatic rings. The van der Waals surface area contributed by atoms with Crippen LogP contribution in [0.2, 0.25) is 0 Å². The molecule has 0 radical (unpaired) electrons. The summed E-state index contributed by atoms with van der Waals surface area (Å²) < 4.78 is 188. The van der Waals surface area contributed by atoms with E-state index in [1.165, 1.54) is 0 Å². The zero-order valence-corrected chi connectivity index (χ0v) is 21.3. The molecular formula is C16H21F13NaO4P. The molecule has 1 unspecified atom stereocenters. The van der Waals surface area contributed by atoms with Crippen LogP contribution in [0.1, 0.15) is 51.9 Å². The molecule has 0 aromatic heterocycles. The minimum atomic E-state index is -8.01. The van der Waals surface area contributed by atoms with E-state index in [1.54, 1.807) is 0 Å². The average Bonchev–Trinajstić information content (AvgIpc) is 2.65. The normalized spacial score (nSPS) is 16.1. The SMILES string of the molecule is CCCCCCCCOP(=O)([O-])OCCC(F)(F)C(F)(F)C(F)(F)C(F)(F)C(F)(F)C(F)(F)F.[Na+]. The van der Waals surface area contributed by atoms with Gasteiger partial charge in [0.25, 0.3) is 7.82 Å². The maximum absolute atomic E-state index is 13.5. The van der Waals surface area contributed by atoms with E-state index in [0.29, 0.717) is 12.8 Å². The Hall–Kier alpha value is 0.200. The Labute approximate surface area is 213 Å². The predicted molar refractivity (Wildman–Crippen MR) is 88.3 cm³/mol. The Kier molecular flexibility index (Phi) is 14.2. The van der Waals surface area contributed by atoms with Crippen molar-refractivity contribution in [3.8, 4) is 0 Å². The van der Waals surface area contributed by atoms with Crippen molar-refractivity contribution in [3.05, 3.63) is 0 Å². The molecule has 0 rings (SSSR count). The zero-order valence-electron chi connectivity index (χ0n) is 18.4. The van der Waals surface area contributed by atoms with Gasteiger partial charge in [0.15, 0.2) is 0 Å². The van der Waals surface area contributed by atoms with Crippen molar-refractivity contribution in [2.24, 2.45) is 0 Å². The second-order valence-electron chi connectivity index (χ2n) is 7.13. The quantitative estimate of drug-likeness (QED) is 0.120. The molecule has 0 aliphatic carbocycles. The summed E-state index contributed by atoms with van der Waals surface area (Å²) in [6.45, 7) is -0.675. The molecule has 0 amide bonds. The summed E-state index contributed by atoms with van der Waals surface area (Å²) in [4.78, 5) is 11.4. The van der Waals surface area contributed by atoms with Gasteiger partial charge in [0.05, 0.1) is 13.2 Å². The van der Waals surface area contributed by atoms with Gasteiger partial charge in [0, 0.05) is 6.42 Å². The van der Waals surface area contributed by atoms with Gasteiger partial charge >= 0.3 is 65.3 Å². The number of alkyl halides is 13. The fraction of sp³-hybridized carbons (Fsp3) is 1.00. The topological polar surface area (TPSA) is 58.6 Å². The molecule has 0 spiro atoms. The summed E-state index contributed by atoms with van der Waals surface area (Å²) in [7, 11) is -5.45. The monoisotopic (exact) mass is 578 g/mol. The van der Waals surface area contributed by atoms with Crippen LogP contribution < -0.4 is 34.5 Å². The van der Waals surface area contributed by atoms with Crippen LogP contribution in [0.25, 0.3) is 0 Å². The summed E-state index contributed by atoms with van der Waals surface area (Å²) in [6, 6.07) is 0. The third kappa shape index (κ3) is 8.88. The number of hydrogen-bond acceptors (Lipinski definition) is 4. The summed E-state index contributed by atoms with van der Waals surface area (Å²) in [5, 5.41) is 0. The fourth-order valence-corrected chi connectivity index (χ4v) is 3.08. The standard InChI is InChI=1S/C16H22F13O4P.Na/c1-2-3-4-5-6-7-9-32-34(30,31)33-10-8-11(17,18)12(19,20)13(21,22)14(23,24)15(25,26)16(27,28)29;/h2-10H2,1H3,(H,30,31);/q;+1/p-1. The van der Waals surface area contributed by atoms with Crippen molar-refractivity contribution < 1.29 is 105 Å². The van der Waals surface area contributed by atoms with Gasteiger partial charge in [-0.05, 0) is 6.42 Å². The zero-order chi connectivity index (χ0) is 27.3. The van der Waals surface area contributed by atoms with Crippen molar-refractivity contribution in [2.75, 3.05) is 13.2 Å². The minimum absolute atomic E-state index is 0. The van der Waals surface area contributed by atoms with E-state index >= 15 is 0 Å². The van der Waals surface area contributed by atoms with Crippen LogP contribution in [0, 0.1) is 0 Å². The van der Waals surface area contributed by atoms with Gasteiger partial charge in [0.1, 0.15) is 0 Å². The molecule has 35 heavy (non-hydrogen) atoms. The van der Waals surface area contributed by atoms with Gasteiger partial charge in [-0.2, -0.15) is 57.1 Å². The van der Waals surface area contributed by atoms with Crippen molar-refractivity contribution in [2.45, 2.75) is 87.7 Å². The van der Waals surface area contributed by atoms with Crippen molar-refractivity contribution in [3.63, 3.8) is 0 Å². The molecule has 0 saturated heterocycles. The Balaban J connectivity index is 0. The number of phosphoric acid groups is 1. The smallest absolute Gasteiger partial charge is 0.756 e. The number of unbranched alkanes of at least 4 members (excludes halogenated alkanes) is 5. The van der Waals surface area contributed by atoms with E-state index in [2.05, 4.69) is 9.05 Å². The number of hydrogen-bond donors (Lipinski definition) is 0. The van der Waals surface area contributed by atoms with Crippen LogP contribution >= 0.6 is 7.82 Å². The number of rotatable bonds is 16. The molecule has 0 bridgehead atoms.